The predicted molar refractivity (Wildman–Crippen MR) is 518 cm³/mol. The molecule has 122 heavy (non-hydrogen) atoms. The zero-order chi connectivity index (χ0) is 91.2. The highest BCUT2D eigenvalue weighted by atomic mass is 16.3. The van der Waals surface area contributed by atoms with Crippen molar-refractivity contribution in [1.29, 1.82) is 0 Å². The Labute approximate surface area is 730 Å². The Kier molecular flexibility index (Phi) is 23.9. The van der Waals surface area contributed by atoms with E-state index in [2.05, 4.69) is 322 Å². The summed E-state index contributed by atoms with van der Waals surface area (Å²) in [5.41, 5.74) is 18.4. The molecule has 0 aliphatic heterocycles. The van der Waals surface area contributed by atoms with Crippen LogP contribution in [0.2, 0.25) is 0 Å². The molecule has 0 heterocycles. The molecular weight excluding hydrogens is 1500 g/mol. The lowest BCUT2D eigenvalue weighted by molar-refractivity contribution is 0.443. The van der Waals surface area contributed by atoms with Crippen molar-refractivity contribution in [2.75, 3.05) is 0 Å². The van der Waals surface area contributed by atoms with Gasteiger partial charge in [-0.25, -0.2) is 0 Å². The second kappa shape index (κ2) is 31.5. The van der Waals surface area contributed by atoms with E-state index in [1.54, 1.807) is 37.3 Å². The molecule has 0 atom stereocenters. The second-order valence-corrected chi connectivity index (χ2v) is 47.1. The van der Waals surface area contributed by atoms with Crippen LogP contribution < -0.4 is 0 Å². The van der Waals surface area contributed by atoms with Crippen LogP contribution >= 0.6 is 0 Å². The van der Waals surface area contributed by atoms with Crippen LogP contribution in [-0.2, 0) is 65.0 Å². The highest BCUT2D eigenvalue weighted by Crippen LogP contribution is 2.61. The Balaban J connectivity index is 1.32. The molecule has 3 aliphatic carbocycles. The van der Waals surface area contributed by atoms with Crippen LogP contribution in [0.25, 0.3) is 0 Å². The predicted octanol–water partition coefficient (Wildman–Crippen LogP) is 29.0. The summed E-state index contributed by atoms with van der Waals surface area (Å²) in [6.07, 6.45) is 10.6. The van der Waals surface area contributed by atoms with E-state index in [1.165, 1.54) is 0 Å². The molecule has 2 bridgehead atoms. The minimum atomic E-state index is -0.600. The zero-order valence-corrected chi connectivity index (χ0v) is 80.4. The average Bonchev–Trinajstić information content (AvgIpc) is 0.690. The minimum absolute atomic E-state index is 0.135. The fourth-order valence-electron chi connectivity index (χ4n) is 16.3. The molecule has 0 spiro atoms. The third-order valence-corrected chi connectivity index (χ3v) is 24.3. The molecule has 0 fully saturated rings. The Morgan fingerprint density at radius 2 is 0.287 bits per heavy atom. The Morgan fingerprint density at radius 1 is 0.172 bits per heavy atom. The number of hydrogen-bond donors (Lipinski definition) is 6. The molecule has 0 saturated carbocycles. The molecule has 6 N–H and O–H groups in total. The molecule has 0 aromatic heterocycles. The van der Waals surface area contributed by atoms with Gasteiger partial charge in [-0.05, 0) is 205 Å². The minimum Gasteiger partial charge on any atom is -0.507 e. The van der Waals surface area contributed by atoms with Gasteiger partial charge in [-0.15, -0.1) is 0 Å². The Hall–Kier alpha value is -10.2. The number of rotatable bonds is 12. The third kappa shape index (κ3) is 19.3. The first-order valence-corrected chi connectivity index (χ1v) is 43.6. The van der Waals surface area contributed by atoms with Crippen LogP contribution in [0.5, 0.6) is 34.5 Å². The summed E-state index contributed by atoms with van der Waals surface area (Å²) in [6.45, 7) is 77.1. The van der Waals surface area contributed by atoms with E-state index < -0.39 is 44.3 Å². The second-order valence-electron chi connectivity index (χ2n) is 47.1. The summed E-state index contributed by atoms with van der Waals surface area (Å²) < 4.78 is 0. The van der Waals surface area contributed by atoms with E-state index >= 15 is 0 Å². The maximum Gasteiger partial charge on any atom is 0.128 e. The van der Waals surface area contributed by atoms with Gasteiger partial charge < -0.3 is 30.6 Å². The third-order valence-electron chi connectivity index (χ3n) is 24.3. The van der Waals surface area contributed by atoms with E-state index in [0.717, 1.165) is 100 Å². The van der Waals surface area contributed by atoms with Gasteiger partial charge in [0.1, 0.15) is 34.5 Å². The molecule has 0 amide bonds. The first-order chi connectivity index (χ1) is 55.5. The number of hydrogen-bond acceptors (Lipinski definition) is 12. The molecule has 0 saturated heterocycles. The van der Waals surface area contributed by atoms with E-state index in [-0.39, 0.29) is 67.0 Å². The van der Waals surface area contributed by atoms with Crippen molar-refractivity contribution in [2.45, 2.75) is 326 Å². The van der Waals surface area contributed by atoms with E-state index in [1.807, 2.05) is 36.4 Å². The van der Waals surface area contributed by atoms with Crippen molar-refractivity contribution >= 4 is 71.4 Å². The average molecular weight is 1640 g/mol. The molecule has 9 aromatic rings. The van der Waals surface area contributed by atoms with Crippen molar-refractivity contribution in [3.05, 3.63) is 243 Å². The summed E-state index contributed by atoms with van der Waals surface area (Å²) in [6, 6.07) is 37.7. The van der Waals surface area contributed by atoms with Gasteiger partial charge in [0.2, 0.25) is 0 Å². The molecule has 3 aliphatic rings. The van der Waals surface area contributed by atoms with Crippen molar-refractivity contribution in [3.63, 3.8) is 0 Å². The van der Waals surface area contributed by atoms with Crippen molar-refractivity contribution in [1.82, 2.24) is 0 Å². The van der Waals surface area contributed by atoms with Crippen molar-refractivity contribution in [3.8, 4) is 34.5 Å². The summed E-state index contributed by atoms with van der Waals surface area (Å²) >= 11 is 0. The van der Waals surface area contributed by atoms with Gasteiger partial charge in [0.05, 0.1) is 34.1 Å². The lowest BCUT2D eigenvalue weighted by Crippen LogP contribution is -2.27. The summed E-state index contributed by atoms with van der Waals surface area (Å²) in [5, 5.41) is 75.3. The molecule has 0 radical (unpaired) electrons. The SMILES string of the molecule is CC(C)(C)c1cc(C=Nc2cc3c(cc2N=Cc2cc(C(C)(C)C)cc(C(C)(C)C)c2O)C2c4cc(N=Cc5cc(C(C)(C)C)cc(C(C)(C)C)c5O)c(N=Cc5cc(C(C)(C)C)cc(C(C)(C)C)c5O)cc4C3c3cc(N=Cc4cc(C(C)(C)C)cc(C(C)(C)C)c4O)c(N=Cc4cc(C(C)(C)C)cc(C(C)(C)C)c4O)cc32)c(O)c(C(C)(C)C)c1. The maximum absolute atomic E-state index is 12.5. The first-order valence-electron chi connectivity index (χ1n) is 43.6. The molecule has 12 rings (SSSR count). The molecular formula is C110H140N6O6. The van der Waals surface area contributed by atoms with Crippen LogP contribution in [0.1, 0.15) is 395 Å². The molecule has 646 valence electrons. The highest BCUT2D eigenvalue weighted by molar-refractivity contribution is 5.96. The van der Waals surface area contributed by atoms with E-state index in [4.69, 9.17) is 30.0 Å². The number of benzene rings is 9. The molecule has 0 unspecified atom stereocenters. The smallest absolute Gasteiger partial charge is 0.128 e. The molecule has 9 aromatic carbocycles. The van der Waals surface area contributed by atoms with Gasteiger partial charge in [0.15, 0.2) is 0 Å². The van der Waals surface area contributed by atoms with Crippen LogP contribution in [0.4, 0.5) is 34.1 Å². The standard InChI is InChI=1S/C110H140N6O6/c1-99(2,3)67-37-61(93(117)79(43-67)105(19,20)21)55-111-85-49-73-74(50-86(85)112-56-62-38-68(100(4,5)6)44-80(94(62)118)106(22,23)24)92-77-53-89(115-59-65-41-71(103(13,14)15)47-83(97(65)121)109(31,32)33)87(113-57-63-39-69(101(7,8)9)45-81(95(63)119)107(25,26)27)51-75(77)91(73)76-52-88(114-58-64-40-70(102(10,11)12)46-82(96(64)120)108(28,29)30)90(54-78(76)92)116-60-66-42-72(104(16,17)18)48-84(98(66)122)110(34,35)36/h37-60,91-92,117-122H,1-36H3. The Morgan fingerprint density at radius 3 is 0.385 bits per heavy atom. The molecule has 12 nitrogen and oxygen atoms in total. The number of phenols is 6. The van der Waals surface area contributed by atoms with Gasteiger partial charge in [0.25, 0.3) is 0 Å². The number of aromatic hydroxyl groups is 6. The van der Waals surface area contributed by atoms with Gasteiger partial charge in [0, 0.05) is 116 Å². The number of aliphatic imine (C=N–C) groups is 6. The summed E-state index contributed by atoms with van der Waals surface area (Å²) in [5.74, 6) is -0.391. The van der Waals surface area contributed by atoms with E-state index in [0.29, 0.717) is 67.5 Å². The van der Waals surface area contributed by atoms with Crippen molar-refractivity contribution in [2.24, 2.45) is 30.0 Å². The quantitative estimate of drug-likeness (QED) is 0.0658. The van der Waals surface area contributed by atoms with Crippen LogP contribution in [0.15, 0.2) is 139 Å². The largest absolute Gasteiger partial charge is 0.507 e. The number of nitrogens with zero attached hydrogens (tertiary/aromatic N) is 6. The normalized spacial score (nSPS) is 15.5. The first kappa shape index (κ1) is 92.5. The highest BCUT2D eigenvalue weighted by Gasteiger charge is 2.44. The lowest BCUT2D eigenvalue weighted by Gasteiger charge is -2.43. The van der Waals surface area contributed by atoms with Crippen LogP contribution in [-0.4, -0.2) is 67.9 Å². The van der Waals surface area contributed by atoms with Gasteiger partial charge in [-0.1, -0.05) is 286 Å². The number of phenolic OH excluding ortho intramolecular Hbond substituents is 6. The fraction of sp³-hybridized carbons (Fsp3) is 0.455. The summed E-state index contributed by atoms with van der Waals surface area (Å²) in [4.78, 5) is 33.1. The molecule has 12 heteroatoms. The van der Waals surface area contributed by atoms with Gasteiger partial charge in [-0.3, -0.25) is 30.0 Å². The maximum atomic E-state index is 12.5. The van der Waals surface area contributed by atoms with Gasteiger partial charge >= 0.3 is 0 Å². The summed E-state index contributed by atoms with van der Waals surface area (Å²) in [7, 11) is 0. The topological polar surface area (TPSA) is 196 Å². The van der Waals surface area contributed by atoms with E-state index in [9.17, 15) is 30.6 Å². The zero-order valence-electron chi connectivity index (χ0n) is 80.4. The van der Waals surface area contributed by atoms with Crippen LogP contribution in [0, 0.1) is 0 Å². The fourth-order valence-corrected chi connectivity index (χ4v) is 16.3. The van der Waals surface area contributed by atoms with Gasteiger partial charge in [-0.2, -0.15) is 0 Å². The van der Waals surface area contributed by atoms with Crippen molar-refractivity contribution < 1.29 is 30.6 Å². The Bertz CT molecular complexity index is 4900. The lowest BCUT2D eigenvalue weighted by atomic mass is 9.60. The monoisotopic (exact) mass is 1640 g/mol. The van der Waals surface area contributed by atoms with Crippen LogP contribution in [0.3, 0.4) is 0 Å².